The summed E-state index contributed by atoms with van der Waals surface area (Å²) in [6, 6.07) is 0. The van der Waals surface area contributed by atoms with E-state index < -0.39 is 5.60 Å². The number of hydrogen-bond acceptors (Lipinski definition) is 1. The van der Waals surface area contributed by atoms with Gasteiger partial charge in [-0.15, -0.1) is 6.58 Å². The van der Waals surface area contributed by atoms with Crippen LogP contribution in [0.2, 0.25) is 0 Å². The highest BCUT2D eigenvalue weighted by Gasteiger charge is 2.13. The molecule has 1 aliphatic rings. The Bertz CT molecular complexity index is 205. The first-order valence-corrected chi connectivity index (χ1v) is 5.68. The molecule has 0 bridgehead atoms. The fourth-order valence-electron chi connectivity index (χ4n) is 1.88. The first-order chi connectivity index (χ1) is 6.64. The van der Waals surface area contributed by atoms with Crippen LogP contribution >= 0.6 is 0 Å². The molecule has 0 aromatic heterocycles. The van der Waals surface area contributed by atoms with Crippen molar-refractivity contribution >= 4 is 0 Å². The third kappa shape index (κ3) is 4.10. The quantitative estimate of drug-likeness (QED) is 0.678. The molecule has 0 aromatic carbocycles. The summed E-state index contributed by atoms with van der Waals surface area (Å²) in [5.74, 6) is 0. The lowest BCUT2D eigenvalue weighted by atomic mass is 9.92. The summed E-state index contributed by atoms with van der Waals surface area (Å²) in [5.41, 5.74) is 0.905. The zero-order valence-corrected chi connectivity index (χ0v) is 9.26. The van der Waals surface area contributed by atoms with Crippen molar-refractivity contribution in [2.24, 2.45) is 0 Å². The molecule has 0 radical (unpaired) electrons. The maximum absolute atomic E-state index is 9.71. The first kappa shape index (κ1) is 11.5. The predicted molar refractivity (Wildman–Crippen MR) is 61.2 cm³/mol. The molecule has 0 saturated heterocycles. The molecule has 1 unspecified atom stereocenters. The SMILES string of the molecule is C=CC(C)(O)CCC=C1CCCCC1. The summed E-state index contributed by atoms with van der Waals surface area (Å²) < 4.78 is 0. The van der Waals surface area contributed by atoms with Crippen molar-refractivity contribution in [2.75, 3.05) is 0 Å². The van der Waals surface area contributed by atoms with Gasteiger partial charge in [-0.25, -0.2) is 0 Å². The van der Waals surface area contributed by atoms with Gasteiger partial charge in [-0.1, -0.05) is 24.1 Å². The zero-order chi connectivity index (χ0) is 10.4. The minimum atomic E-state index is -0.689. The van der Waals surface area contributed by atoms with Crippen LogP contribution in [0, 0.1) is 0 Å². The highest BCUT2D eigenvalue weighted by atomic mass is 16.3. The molecule has 1 N–H and O–H groups in total. The van der Waals surface area contributed by atoms with Gasteiger partial charge < -0.3 is 5.11 Å². The lowest BCUT2D eigenvalue weighted by Gasteiger charge is -2.18. The maximum atomic E-state index is 9.71. The Morgan fingerprint density at radius 2 is 2.00 bits per heavy atom. The van der Waals surface area contributed by atoms with Crippen LogP contribution in [0.15, 0.2) is 24.3 Å². The highest BCUT2D eigenvalue weighted by Crippen LogP contribution is 2.24. The number of allylic oxidation sites excluding steroid dienone is 2. The molecule has 1 atom stereocenters. The molecule has 0 heterocycles. The lowest BCUT2D eigenvalue weighted by Crippen LogP contribution is -2.19. The molecule has 1 fully saturated rings. The third-order valence-electron chi connectivity index (χ3n) is 3.02. The van der Waals surface area contributed by atoms with Crippen molar-refractivity contribution in [3.8, 4) is 0 Å². The van der Waals surface area contributed by atoms with Gasteiger partial charge in [0.25, 0.3) is 0 Å². The van der Waals surface area contributed by atoms with E-state index in [0.29, 0.717) is 0 Å². The topological polar surface area (TPSA) is 20.2 Å². The Labute approximate surface area is 87.5 Å². The number of aliphatic hydroxyl groups is 1. The van der Waals surface area contributed by atoms with E-state index in [4.69, 9.17) is 0 Å². The first-order valence-electron chi connectivity index (χ1n) is 5.68. The molecule has 1 heteroatoms. The van der Waals surface area contributed by atoms with E-state index in [9.17, 15) is 5.11 Å². The minimum absolute atomic E-state index is 0.689. The van der Waals surface area contributed by atoms with E-state index in [2.05, 4.69) is 12.7 Å². The van der Waals surface area contributed by atoms with Crippen LogP contribution in [0.25, 0.3) is 0 Å². The van der Waals surface area contributed by atoms with Crippen LogP contribution in [-0.2, 0) is 0 Å². The van der Waals surface area contributed by atoms with Crippen LogP contribution in [0.4, 0.5) is 0 Å². The van der Waals surface area contributed by atoms with Crippen LogP contribution < -0.4 is 0 Å². The van der Waals surface area contributed by atoms with E-state index in [-0.39, 0.29) is 0 Å². The molecule has 0 aromatic rings. The van der Waals surface area contributed by atoms with Crippen molar-refractivity contribution in [2.45, 2.75) is 57.5 Å². The summed E-state index contributed by atoms with van der Waals surface area (Å²) in [4.78, 5) is 0. The Balaban J connectivity index is 2.28. The lowest BCUT2D eigenvalue weighted by molar-refractivity contribution is 0.103. The van der Waals surface area contributed by atoms with Crippen LogP contribution in [0.1, 0.15) is 51.9 Å². The third-order valence-corrected chi connectivity index (χ3v) is 3.02. The van der Waals surface area contributed by atoms with Crippen molar-refractivity contribution in [1.82, 2.24) is 0 Å². The average molecular weight is 194 g/mol. The van der Waals surface area contributed by atoms with Crippen LogP contribution in [0.5, 0.6) is 0 Å². The summed E-state index contributed by atoms with van der Waals surface area (Å²) >= 11 is 0. The Morgan fingerprint density at radius 1 is 1.36 bits per heavy atom. The van der Waals surface area contributed by atoms with E-state index >= 15 is 0 Å². The van der Waals surface area contributed by atoms with Gasteiger partial charge >= 0.3 is 0 Å². The van der Waals surface area contributed by atoms with Crippen molar-refractivity contribution in [3.05, 3.63) is 24.3 Å². The molecule has 1 saturated carbocycles. The van der Waals surface area contributed by atoms with Crippen LogP contribution in [0.3, 0.4) is 0 Å². The monoisotopic (exact) mass is 194 g/mol. The normalized spacial score (nSPS) is 21.4. The molecule has 1 aliphatic carbocycles. The Hall–Kier alpha value is -0.560. The molecular formula is C13H22O. The average Bonchev–Trinajstić information content (AvgIpc) is 2.19. The van der Waals surface area contributed by atoms with Gasteiger partial charge in [0.05, 0.1) is 5.60 Å². The molecule has 1 nitrogen and oxygen atoms in total. The zero-order valence-electron chi connectivity index (χ0n) is 9.26. The smallest absolute Gasteiger partial charge is 0.0800 e. The van der Waals surface area contributed by atoms with Crippen LogP contribution in [-0.4, -0.2) is 10.7 Å². The van der Waals surface area contributed by atoms with Gasteiger partial charge in [0.1, 0.15) is 0 Å². The fourth-order valence-corrected chi connectivity index (χ4v) is 1.88. The summed E-state index contributed by atoms with van der Waals surface area (Å²) in [5, 5.41) is 9.71. The van der Waals surface area contributed by atoms with Gasteiger partial charge in [-0.05, 0) is 45.4 Å². The summed E-state index contributed by atoms with van der Waals surface area (Å²) in [7, 11) is 0. The van der Waals surface area contributed by atoms with Gasteiger partial charge in [0.15, 0.2) is 0 Å². The molecule has 0 aliphatic heterocycles. The van der Waals surface area contributed by atoms with Crippen molar-refractivity contribution < 1.29 is 5.11 Å². The molecule has 1 rings (SSSR count). The predicted octanol–water partition coefficient (Wildman–Crippen LogP) is 3.59. The number of hydrogen-bond donors (Lipinski definition) is 1. The van der Waals surface area contributed by atoms with E-state index in [1.54, 1.807) is 11.6 Å². The van der Waals surface area contributed by atoms with Gasteiger partial charge in [0.2, 0.25) is 0 Å². The molecule has 14 heavy (non-hydrogen) atoms. The van der Waals surface area contributed by atoms with E-state index in [1.165, 1.54) is 32.1 Å². The van der Waals surface area contributed by atoms with Crippen molar-refractivity contribution in [3.63, 3.8) is 0 Å². The second-order valence-electron chi connectivity index (χ2n) is 4.52. The minimum Gasteiger partial charge on any atom is -0.386 e. The standard InChI is InChI=1S/C13H22O/c1-3-13(2,14)11-7-10-12-8-5-4-6-9-12/h3,10,14H,1,4-9,11H2,2H3. The number of rotatable bonds is 4. The second-order valence-corrected chi connectivity index (χ2v) is 4.52. The molecule has 0 amide bonds. The Kier molecular flexibility index (Phi) is 4.40. The second kappa shape index (κ2) is 5.35. The van der Waals surface area contributed by atoms with E-state index in [1.807, 2.05) is 6.92 Å². The molecule has 0 spiro atoms. The van der Waals surface area contributed by atoms with Crippen molar-refractivity contribution in [1.29, 1.82) is 0 Å². The summed E-state index contributed by atoms with van der Waals surface area (Å²) in [6.07, 6.45) is 12.4. The van der Waals surface area contributed by atoms with Gasteiger partial charge in [0, 0.05) is 0 Å². The fraction of sp³-hybridized carbons (Fsp3) is 0.692. The maximum Gasteiger partial charge on any atom is 0.0800 e. The highest BCUT2D eigenvalue weighted by molar-refractivity contribution is 5.05. The summed E-state index contributed by atoms with van der Waals surface area (Å²) in [6.45, 7) is 5.45. The van der Waals surface area contributed by atoms with Gasteiger partial charge in [-0.3, -0.25) is 0 Å². The van der Waals surface area contributed by atoms with Gasteiger partial charge in [-0.2, -0.15) is 0 Å². The largest absolute Gasteiger partial charge is 0.386 e. The molecule has 80 valence electrons. The molecular weight excluding hydrogens is 172 g/mol. The van der Waals surface area contributed by atoms with E-state index in [0.717, 1.165) is 12.8 Å². The Morgan fingerprint density at radius 3 is 2.57 bits per heavy atom.